The summed E-state index contributed by atoms with van der Waals surface area (Å²) >= 11 is 0. The maximum atomic E-state index is 12.4. The number of phosphoric acid groups is 1. The summed E-state index contributed by atoms with van der Waals surface area (Å²) in [5, 5.41) is 0. The van der Waals surface area contributed by atoms with Crippen LogP contribution in [0.3, 0.4) is 0 Å². The molecule has 0 aliphatic heterocycles. The second kappa shape index (κ2) is 35.2. The number of esters is 1. The van der Waals surface area contributed by atoms with Gasteiger partial charge in [-0.2, -0.15) is 0 Å². The molecule has 0 aliphatic carbocycles. The van der Waals surface area contributed by atoms with Gasteiger partial charge in [-0.25, -0.2) is 4.57 Å². The highest BCUT2D eigenvalue weighted by Crippen LogP contribution is 2.43. The first kappa shape index (κ1) is 49.2. The molecule has 0 saturated heterocycles. The third-order valence-corrected chi connectivity index (χ3v) is 9.08. The van der Waals surface area contributed by atoms with Gasteiger partial charge in [0, 0.05) is 13.0 Å². The Bertz CT molecular complexity index is 1000. The number of phosphoric ester groups is 1. The fourth-order valence-electron chi connectivity index (χ4n) is 4.99. The molecule has 0 bridgehead atoms. The monoisotopic (exact) mass is 739 g/mol. The molecule has 0 aromatic carbocycles. The van der Waals surface area contributed by atoms with Gasteiger partial charge in [0.2, 0.25) is 0 Å². The predicted molar refractivity (Wildman–Crippen MR) is 215 cm³/mol. The molecule has 0 aromatic heterocycles. The van der Waals surface area contributed by atoms with Crippen LogP contribution in [0.2, 0.25) is 0 Å². The van der Waals surface area contributed by atoms with Gasteiger partial charge in [-0.3, -0.25) is 13.8 Å². The number of hydrogen-bond acceptors (Lipinski definition) is 6. The van der Waals surface area contributed by atoms with Crippen LogP contribution in [0.15, 0.2) is 60.8 Å². The summed E-state index contributed by atoms with van der Waals surface area (Å²) in [4.78, 5) is 22.5. The van der Waals surface area contributed by atoms with Crippen molar-refractivity contribution in [2.45, 2.75) is 148 Å². The Morgan fingerprint density at radius 2 is 1.14 bits per heavy atom. The number of unbranched alkanes of at least 4 members (excludes halogenated alkanes) is 12. The lowest BCUT2D eigenvalue weighted by Crippen LogP contribution is -2.37. The summed E-state index contributed by atoms with van der Waals surface area (Å²) in [6.07, 6.45) is 42.9. The first-order chi connectivity index (χ1) is 24.6. The van der Waals surface area contributed by atoms with Crippen LogP contribution < -0.4 is 0 Å². The molecule has 9 heteroatoms. The number of quaternary nitrogens is 1. The van der Waals surface area contributed by atoms with Crippen molar-refractivity contribution >= 4 is 13.8 Å². The summed E-state index contributed by atoms with van der Waals surface area (Å²) in [5.41, 5.74) is 0. The lowest BCUT2D eigenvalue weighted by molar-refractivity contribution is -0.870. The molecule has 0 rings (SSSR count). The summed E-state index contributed by atoms with van der Waals surface area (Å²) in [7, 11) is 1.65. The zero-order valence-corrected chi connectivity index (χ0v) is 34.2. The van der Waals surface area contributed by atoms with E-state index in [1.54, 1.807) is 0 Å². The minimum Gasteiger partial charge on any atom is -0.457 e. The molecular formula is C42H77NO7P+. The number of allylic oxidation sites excluding steroid dienone is 10. The van der Waals surface area contributed by atoms with Crippen LogP contribution in [0.25, 0.3) is 0 Å². The van der Waals surface area contributed by atoms with E-state index in [0.717, 1.165) is 83.5 Å². The molecule has 0 heterocycles. The molecule has 0 aliphatic rings. The highest BCUT2D eigenvalue weighted by Gasteiger charge is 2.26. The van der Waals surface area contributed by atoms with E-state index in [-0.39, 0.29) is 25.8 Å². The van der Waals surface area contributed by atoms with E-state index in [4.69, 9.17) is 18.5 Å². The topological polar surface area (TPSA) is 91.3 Å². The SMILES string of the molecule is CC/C=C\C/C=C\C/C=C\C/C=C\C/C=C\CCCCCCCCCCOCC(COP(=O)(O)OCC[N+](C)(C)C)OC(=O)CCCCCCC. The van der Waals surface area contributed by atoms with Gasteiger partial charge >= 0.3 is 13.8 Å². The van der Waals surface area contributed by atoms with Gasteiger partial charge in [-0.05, 0) is 57.8 Å². The van der Waals surface area contributed by atoms with Gasteiger partial charge < -0.3 is 18.9 Å². The zero-order valence-electron chi connectivity index (χ0n) is 33.3. The fourth-order valence-corrected chi connectivity index (χ4v) is 5.73. The molecule has 296 valence electrons. The number of nitrogens with zero attached hydrogens (tertiary/aromatic N) is 1. The average Bonchev–Trinajstić information content (AvgIpc) is 3.07. The Labute approximate surface area is 313 Å². The third kappa shape index (κ3) is 39.2. The second-order valence-corrected chi connectivity index (χ2v) is 15.7. The van der Waals surface area contributed by atoms with E-state index in [1.807, 2.05) is 21.1 Å². The summed E-state index contributed by atoms with van der Waals surface area (Å²) in [6.45, 7) is 5.38. The molecule has 0 amide bonds. The highest BCUT2D eigenvalue weighted by atomic mass is 31.2. The first-order valence-electron chi connectivity index (χ1n) is 20.0. The van der Waals surface area contributed by atoms with Gasteiger partial charge in [0.25, 0.3) is 0 Å². The van der Waals surface area contributed by atoms with Crippen molar-refractivity contribution in [3.63, 3.8) is 0 Å². The number of carbonyl (C=O) groups is 1. The molecule has 2 atom stereocenters. The van der Waals surface area contributed by atoms with Crippen molar-refractivity contribution in [2.24, 2.45) is 0 Å². The van der Waals surface area contributed by atoms with E-state index in [0.29, 0.717) is 24.1 Å². The number of rotatable bonds is 36. The van der Waals surface area contributed by atoms with Crippen molar-refractivity contribution < 1.29 is 37.3 Å². The lowest BCUT2D eigenvalue weighted by atomic mass is 10.1. The third-order valence-electron chi connectivity index (χ3n) is 8.09. The van der Waals surface area contributed by atoms with E-state index >= 15 is 0 Å². The maximum Gasteiger partial charge on any atom is 0.472 e. The molecule has 0 radical (unpaired) electrons. The van der Waals surface area contributed by atoms with Crippen molar-refractivity contribution in [1.29, 1.82) is 0 Å². The smallest absolute Gasteiger partial charge is 0.457 e. The van der Waals surface area contributed by atoms with Crippen molar-refractivity contribution in [2.75, 3.05) is 54.1 Å². The van der Waals surface area contributed by atoms with Crippen LogP contribution in [0, 0.1) is 0 Å². The highest BCUT2D eigenvalue weighted by molar-refractivity contribution is 7.47. The van der Waals surface area contributed by atoms with Gasteiger partial charge in [0.15, 0.2) is 0 Å². The zero-order chi connectivity index (χ0) is 37.7. The summed E-state index contributed by atoms with van der Waals surface area (Å²) in [6, 6.07) is 0. The van der Waals surface area contributed by atoms with Crippen molar-refractivity contribution in [3.05, 3.63) is 60.8 Å². The normalized spacial score (nSPS) is 14.5. The van der Waals surface area contributed by atoms with Gasteiger partial charge in [-0.15, -0.1) is 0 Å². The van der Waals surface area contributed by atoms with E-state index in [9.17, 15) is 14.3 Å². The van der Waals surface area contributed by atoms with Crippen LogP contribution in [0.5, 0.6) is 0 Å². The lowest BCUT2D eigenvalue weighted by Gasteiger charge is -2.24. The number of hydrogen-bond donors (Lipinski definition) is 1. The van der Waals surface area contributed by atoms with Crippen LogP contribution >= 0.6 is 7.82 Å². The van der Waals surface area contributed by atoms with Crippen LogP contribution in [-0.4, -0.2) is 75.6 Å². The quantitative estimate of drug-likeness (QED) is 0.0225. The molecule has 8 nitrogen and oxygen atoms in total. The molecule has 0 saturated carbocycles. The number of likely N-dealkylation sites (N-methyl/N-ethyl adjacent to an activating group) is 1. The second-order valence-electron chi connectivity index (χ2n) is 14.3. The Kier molecular flexibility index (Phi) is 34.0. The van der Waals surface area contributed by atoms with E-state index in [1.165, 1.54) is 38.5 Å². The van der Waals surface area contributed by atoms with Crippen molar-refractivity contribution in [1.82, 2.24) is 0 Å². The Morgan fingerprint density at radius 1 is 0.627 bits per heavy atom. The standard InChI is InChI=1S/C42H76NO7P/c1-6-8-10-12-13-14-15-16-17-18-19-20-21-22-23-24-25-26-27-28-29-30-32-34-37-47-39-41(50-42(44)35-33-31-11-9-7-2)40-49-51(45,46)48-38-36-43(3,4)5/h8,10,13-14,16-17,19-20,22-23,41H,6-7,9,11-12,15,18,21,24-40H2,1-5H3/p+1/b10-8-,14-13-,17-16-,20-19-,23-22-. The Balaban J connectivity index is 4.03. The molecule has 0 fully saturated rings. The number of carbonyl (C=O) groups excluding carboxylic acids is 1. The fraction of sp³-hybridized carbons (Fsp3) is 0.738. The van der Waals surface area contributed by atoms with Gasteiger partial charge in [0.1, 0.15) is 19.3 Å². The van der Waals surface area contributed by atoms with Crippen LogP contribution in [0.1, 0.15) is 142 Å². The van der Waals surface area contributed by atoms with Crippen molar-refractivity contribution in [3.8, 4) is 0 Å². The molecule has 0 aromatic rings. The molecule has 2 unspecified atom stereocenters. The largest absolute Gasteiger partial charge is 0.472 e. The Morgan fingerprint density at radius 3 is 1.71 bits per heavy atom. The minimum atomic E-state index is -4.26. The number of ether oxygens (including phenoxy) is 2. The summed E-state index contributed by atoms with van der Waals surface area (Å²) in [5.74, 6) is -0.333. The predicted octanol–water partition coefficient (Wildman–Crippen LogP) is 11.4. The molecule has 51 heavy (non-hydrogen) atoms. The minimum absolute atomic E-state index is 0.0844. The van der Waals surface area contributed by atoms with Crippen LogP contribution in [0.4, 0.5) is 0 Å². The molecule has 1 N–H and O–H groups in total. The average molecular weight is 739 g/mol. The summed E-state index contributed by atoms with van der Waals surface area (Å²) < 4.78 is 34.6. The van der Waals surface area contributed by atoms with Crippen LogP contribution in [-0.2, 0) is 27.9 Å². The first-order valence-corrected chi connectivity index (χ1v) is 21.5. The molecule has 0 spiro atoms. The Hall–Kier alpha value is -1.80. The van der Waals surface area contributed by atoms with Gasteiger partial charge in [-0.1, -0.05) is 139 Å². The van der Waals surface area contributed by atoms with Gasteiger partial charge in [0.05, 0.1) is 34.4 Å². The maximum absolute atomic E-state index is 12.4. The van der Waals surface area contributed by atoms with E-state index in [2.05, 4.69) is 74.6 Å². The molecular weight excluding hydrogens is 661 g/mol. The van der Waals surface area contributed by atoms with E-state index < -0.39 is 13.9 Å².